The van der Waals surface area contributed by atoms with Crippen molar-refractivity contribution in [1.29, 1.82) is 0 Å². The number of nitrogens with zero attached hydrogens (tertiary/aromatic N) is 3. The average Bonchev–Trinajstić information content (AvgIpc) is 3.19. The second-order valence-electron chi connectivity index (χ2n) is 6.25. The molecule has 0 unspecified atom stereocenters. The zero-order valence-electron chi connectivity index (χ0n) is 15.9. The third kappa shape index (κ3) is 4.88. The maximum absolute atomic E-state index is 13.3. The first-order valence-electron chi connectivity index (χ1n) is 9.05. The van der Waals surface area contributed by atoms with Gasteiger partial charge in [0, 0.05) is 19.3 Å². The lowest BCUT2D eigenvalue weighted by atomic mass is 10.2. The van der Waals surface area contributed by atoms with Gasteiger partial charge in [-0.25, -0.2) is 13.9 Å². The summed E-state index contributed by atoms with van der Waals surface area (Å²) in [5.74, 6) is 0.472. The fourth-order valence-corrected chi connectivity index (χ4v) is 2.80. The summed E-state index contributed by atoms with van der Waals surface area (Å²) in [7, 11) is 1.62. The number of benzene rings is 2. The van der Waals surface area contributed by atoms with E-state index in [1.165, 1.54) is 12.1 Å². The summed E-state index contributed by atoms with van der Waals surface area (Å²) in [5, 5.41) is 7.35. The fraction of sp³-hybridized carbons (Fsp3) is 0.238. The fourth-order valence-electron chi connectivity index (χ4n) is 2.80. The van der Waals surface area contributed by atoms with Crippen molar-refractivity contribution in [3.63, 3.8) is 0 Å². The van der Waals surface area contributed by atoms with Crippen molar-refractivity contribution in [3.8, 4) is 11.4 Å². The molecule has 0 fully saturated rings. The van der Waals surface area contributed by atoms with E-state index in [0.29, 0.717) is 19.6 Å². The number of hydrogen-bond acceptors (Lipinski definition) is 3. The Morgan fingerprint density at radius 3 is 2.68 bits per heavy atom. The zero-order valence-corrected chi connectivity index (χ0v) is 15.9. The molecule has 0 spiro atoms. The number of methoxy groups -OCH3 is 1. The van der Waals surface area contributed by atoms with E-state index in [2.05, 4.69) is 10.4 Å². The van der Waals surface area contributed by atoms with Crippen LogP contribution in [0, 0.1) is 5.82 Å². The lowest BCUT2D eigenvalue weighted by Crippen LogP contribution is -2.39. The summed E-state index contributed by atoms with van der Waals surface area (Å²) in [5.41, 5.74) is 2.39. The first-order chi connectivity index (χ1) is 13.6. The van der Waals surface area contributed by atoms with Gasteiger partial charge in [0.2, 0.25) is 0 Å². The van der Waals surface area contributed by atoms with Gasteiger partial charge in [0.05, 0.1) is 25.0 Å². The molecule has 6 nitrogen and oxygen atoms in total. The van der Waals surface area contributed by atoms with Gasteiger partial charge in [0.15, 0.2) is 0 Å². The van der Waals surface area contributed by atoms with Crippen molar-refractivity contribution in [2.24, 2.45) is 0 Å². The van der Waals surface area contributed by atoms with Crippen molar-refractivity contribution < 1.29 is 13.9 Å². The van der Waals surface area contributed by atoms with Crippen LogP contribution in [-0.4, -0.2) is 34.4 Å². The summed E-state index contributed by atoms with van der Waals surface area (Å²) >= 11 is 0. The molecule has 0 saturated heterocycles. The van der Waals surface area contributed by atoms with Crippen LogP contribution in [0.25, 0.3) is 5.69 Å². The number of halogens is 1. The molecule has 3 rings (SSSR count). The highest BCUT2D eigenvalue weighted by molar-refractivity contribution is 5.74. The summed E-state index contributed by atoms with van der Waals surface area (Å²) in [6.07, 6.45) is 1.84. The van der Waals surface area contributed by atoms with E-state index >= 15 is 0 Å². The van der Waals surface area contributed by atoms with Crippen molar-refractivity contribution in [3.05, 3.63) is 77.9 Å². The number of rotatable bonds is 7. The lowest BCUT2D eigenvalue weighted by molar-refractivity contribution is 0.197. The van der Waals surface area contributed by atoms with Gasteiger partial charge in [0.25, 0.3) is 0 Å². The van der Waals surface area contributed by atoms with Gasteiger partial charge in [-0.2, -0.15) is 5.10 Å². The van der Waals surface area contributed by atoms with Gasteiger partial charge < -0.3 is 15.0 Å². The molecule has 1 N–H and O–H groups in total. The molecule has 0 atom stereocenters. The average molecular weight is 382 g/mol. The number of nitrogens with one attached hydrogen (secondary N) is 1. The number of urea groups is 1. The largest absolute Gasteiger partial charge is 0.497 e. The first-order valence-corrected chi connectivity index (χ1v) is 9.05. The molecule has 0 aliphatic heterocycles. The predicted molar refractivity (Wildman–Crippen MR) is 105 cm³/mol. The summed E-state index contributed by atoms with van der Waals surface area (Å²) < 4.78 is 20.2. The second-order valence-corrected chi connectivity index (χ2v) is 6.25. The molecule has 0 aliphatic rings. The van der Waals surface area contributed by atoms with Gasteiger partial charge in [0.1, 0.15) is 11.6 Å². The Hall–Kier alpha value is -3.35. The number of carbonyl (C=O) groups excluding carboxylic acids is 1. The molecule has 7 heteroatoms. The Morgan fingerprint density at radius 2 is 2.00 bits per heavy atom. The monoisotopic (exact) mass is 382 g/mol. The number of aromatic nitrogens is 2. The molecule has 3 aromatic rings. The van der Waals surface area contributed by atoms with E-state index < -0.39 is 0 Å². The molecule has 1 heterocycles. The summed E-state index contributed by atoms with van der Waals surface area (Å²) in [6.45, 7) is 3.06. The van der Waals surface area contributed by atoms with Crippen LogP contribution in [-0.2, 0) is 13.1 Å². The number of ether oxygens (including phenoxy) is 1. The van der Waals surface area contributed by atoms with Gasteiger partial charge in [-0.15, -0.1) is 0 Å². The Kier molecular flexibility index (Phi) is 6.26. The number of hydrogen-bond donors (Lipinski definition) is 1. The SMILES string of the molecule is CCN(Cc1cccc(F)c1)C(=O)NCc1ccn(-c2ccc(OC)cc2)n1. The van der Waals surface area contributed by atoms with E-state index in [9.17, 15) is 9.18 Å². The molecular formula is C21H23FN4O2. The van der Waals surface area contributed by atoms with E-state index in [-0.39, 0.29) is 11.8 Å². The van der Waals surface area contributed by atoms with Gasteiger partial charge in [-0.3, -0.25) is 0 Å². The van der Waals surface area contributed by atoms with Crippen LogP contribution in [0.15, 0.2) is 60.8 Å². The second kappa shape index (κ2) is 9.03. The van der Waals surface area contributed by atoms with Gasteiger partial charge in [-0.1, -0.05) is 12.1 Å². The van der Waals surface area contributed by atoms with Crippen LogP contribution in [0.1, 0.15) is 18.2 Å². The maximum atomic E-state index is 13.3. The highest BCUT2D eigenvalue weighted by Crippen LogP contribution is 2.14. The zero-order chi connectivity index (χ0) is 19.9. The normalized spacial score (nSPS) is 10.5. The number of amides is 2. The number of carbonyl (C=O) groups is 1. The van der Waals surface area contributed by atoms with Crippen LogP contribution in [0.2, 0.25) is 0 Å². The minimum Gasteiger partial charge on any atom is -0.497 e. The van der Waals surface area contributed by atoms with E-state index in [0.717, 1.165) is 22.7 Å². The molecule has 1 aromatic heterocycles. The highest BCUT2D eigenvalue weighted by atomic mass is 19.1. The Morgan fingerprint density at radius 1 is 1.21 bits per heavy atom. The van der Waals surface area contributed by atoms with E-state index in [4.69, 9.17) is 4.74 Å². The van der Waals surface area contributed by atoms with Crippen LogP contribution >= 0.6 is 0 Å². The van der Waals surface area contributed by atoms with Crippen molar-refractivity contribution in [2.75, 3.05) is 13.7 Å². The molecule has 2 aromatic carbocycles. The van der Waals surface area contributed by atoms with E-state index in [1.54, 1.807) is 28.8 Å². The molecule has 0 bridgehead atoms. The molecule has 0 saturated carbocycles. The van der Waals surface area contributed by atoms with Crippen LogP contribution in [0.3, 0.4) is 0 Å². The quantitative estimate of drug-likeness (QED) is 0.677. The smallest absolute Gasteiger partial charge is 0.318 e. The minimum atomic E-state index is -0.307. The summed E-state index contributed by atoms with van der Waals surface area (Å²) in [6, 6.07) is 15.5. The lowest BCUT2D eigenvalue weighted by Gasteiger charge is -2.21. The Balaban J connectivity index is 1.58. The highest BCUT2D eigenvalue weighted by Gasteiger charge is 2.13. The molecule has 146 valence electrons. The predicted octanol–water partition coefficient (Wildman–Crippen LogP) is 3.75. The topological polar surface area (TPSA) is 59.4 Å². The van der Waals surface area contributed by atoms with Gasteiger partial charge in [-0.05, 0) is 55.0 Å². The van der Waals surface area contributed by atoms with Crippen LogP contribution < -0.4 is 10.1 Å². The molecule has 0 radical (unpaired) electrons. The van der Waals surface area contributed by atoms with Crippen LogP contribution in [0.4, 0.5) is 9.18 Å². The summed E-state index contributed by atoms with van der Waals surface area (Å²) in [4.78, 5) is 14.1. The maximum Gasteiger partial charge on any atom is 0.318 e. The Bertz CT molecular complexity index is 924. The first kappa shape index (κ1) is 19.4. The van der Waals surface area contributed by atoms with Crippen molar-refractivity contribution in [2.45, 2.75) is 20.0 Å². The van der Waals surface area contributed by atoms with Crippen molar-refractivity contribution in [1.82, 2.24) is 20.0 Å². The van der Waals surface area contributed by atoms with E-state index in [1.807, 2.05) is 43.5 Å². The Labute approximate surface area is 163 Å². The molecule has 2 amide bonds. The van der Waals surface area contributed by atoms with Gasteiger partial charge >= 0.3 is 6.03 Å². The van der Waals surface area contributed by atoms with Crippen LogP contribution in [0.5, 0.6) is 5.75 Å². The minimum absolute atomic E-state index is 0.217. The third-order valence-electron chi connectivity index (χ3n) is 4.33. The molecule has 28 heavy (non-hydrogen) atoms. The standard InChI is InChI=1S/C21H23FN4O2/c1-3-25(15-16-5-4-6-17(22)13-16)21(27)23-14-18-11-12-26(24-18)19-7-9-20(28-2)10-8-19/h4-13H,3,14-15H2,1-2H3,(H,23,27). The van der Waals surface area contributed by atoms with Crippen molar-refractivity contribution >= 4 is 6.03 Å². The third-order valence-corrected chi connectivity index (χ3v) is 4.33. The molecule has 0 aliphatic carbocycles. The molecular weight excluding hydrogens is 359 g/mol.